The molecule has 0 aromatic heterocycles. The second kappa shape index (κ2) is 5.80. The van der Waals surface area contributed by atoms with Crippen LogP contribution in [-0.4, -0.2) is 20.3 Å². The van der Waals surface area contributed by atoms with E-state index in [1.165, 1.54) is 18.2 Å². The van der Waals surface area contributed by atoms with Crippen LogP contribution >= 0.6 is 11.6 Å². The van der Waals surface area contributed by atoms with Crippen LogP contribution in [-0.2, 0) is 10.0 Å². The molecular formula is C11H15ClFNO2S. The standard InChI is InChI=1S/C11H15ClFNO2S/c1-8(2)9(12)7-14-17(15,16)11-6-4-3-5-10(11)13/h3-6,8-9,14H,7H2,1-2H3. The maximum atomic E-state index is 13.3. The van der Waals surface area contributed by atoms with Gasteiger partial charge >= 0.3 is 0 Å². The van der Waals surface area contributed by atoms with Gasteiger partial charge in [0, 0.05) is 11.9 Å². The Bertz CT molecular complexity index is 476. The molecule has 6 heteroatoms. The summed E-state index contributed by atoms with van der Waals surface area (Å²) in [6, 6.07) is 5.23. The molecule has 0 amide bonds. The first-order valence-electron chi connectivity index (χ1n) is 5.23. The molecule has 96 valence electrons. The van der Waals surface area contributed by atoms with Crippen molar-refractivity contribution in [2.45, 2.75) is 24.1 Å². The smallest absolute Gasteiger partial charge is 0.210 e. The molecule has 1 rings (SSSR count). The van der Waals surface area contributed by atoms with Gasteiger partial charge in [-0.2, -0.15) is 0 Å². The maximum Gasteiger partial charge on any atom is 0.243 e. The number of hydrogen-bond acceptors (Lipinski definition) is 2. The third kappa shape index (κ3) is 3.94. The normalized spacial score (nSPS) is 13.9. The minimum atomic E-state index is -3.83. The second-order valence-electron chi connectivity index (χ2n) is 4.04. The molecule has 0 aliphatic carbocycles. The van der Waals surface area contributed by atoms with Crippen LogP contribution < -0.4 is 4.72 Å². The molecule has 0 saturated carbocycles. The van der Waals surface area contributed by atoms with E-state index in [1.54, 1.807) is 0 Å². The van der Waals surface area contributed by atoms with E-state index in [0.717, 1.165) is 6.07 Å². The molecule has 0 aliphatic heterocycles. The molecule has 3 nitrogen and oxygen atoms in total. The van der Waals surface area contributed by atoms with Crippen LogP contribution in [0.4, 0.5) is 4.39 Å². The third-order valence-electron chi connectivity index (χ3n) is 2.32. The zero-order valence-corrected chi connectivity index (χ0v) is 11.2. The Morgan fingerprint density at radius 2 is 1.94 bits per heavy atom. The SMILES string of the molecule is CC(C)C(Cl)CNS(=O)(=O)c1ccccc1F. The maximum absolute atomic E-state index is 13.3. The minimum absolute atomic E-state index is 0.0793. The van der Waals surface area contributed by atoms with Gasteiger partial charge in [0.25, 0.3) is 0 Å². The van der Waals surface area contributed by atoms with Crippen LogP contribution in [0.5, 0.6) is 0 Å². The number of halogens is 2. The molecule has 0 radical (unpaired) electrons. The summed E-state index contributed by atoms with van der Waals surface area (Å²) in [4.78, 5) is -0.354. The Morgan fingerprint density at radius 1 is 1.35 bits per heavy atom. The quantitative estimate of drug-likeness (QED) is 0.841. The summed E-state index contributed by atoms with van der Waals surface area (Å²) in [6.45, 7) is 3.85. The highest BCUT2D eigenvalue weighted by Crippen LogP contribution is 2.14. The van der Waals surface area contributed by atoms with Gasteiger partial charge in [-0.15, -0.1) is 11.6 Å². The van der Waals surface area contributed by atoms with E-state index in [0.29, 0.717) is 0 Å². The zero-order chi connectivity index (χ0) is 13.1. The highest BCUT2D eigenvalue weighted by atomic mass is 35.5. The molecule has 1 aromatic carbocycles. The Morgan fingerprint density at radius 3 is 2.47 bits per heavy atom. The lowest BCUT2D eigenvalue weighted by molar-refractivity contribution is 0.543. The summed E-state index contributed by atoms with van der Waals surface area (Å²) in [5, 5.41) is -0.323. The van der Waals surface area contributed by atoms with E-state index in [-0.39, 0.29) is 22.7 Å². The van der Waals surface area contributed by atoms with Gasteiger partial charge in [-0.25, -0.2) is 17.5 Å². The summed E-state index contributed by atoms with van der Waals surface area (Å²) in [7, 11) is -3.83. The van der Waals surface area contributed by atoms with Gasteiger partial charge in [0.2, 0.25) is 10.0 Å². The Hall–Kier alpha value is -0.650. The molecule has 0 spiro atoms. The minimum Gasteiger partial charge on any atom is -0.210 e. The van der Waals surface area contributed by atoms with Crippen LogP contribution in [0.2, 0.25) is 0 Å². The highest BCUT2D eigenvalue weighted by molar-refractivity contribution is 7.89. The van der Waals surface area contributed by atoms with Crippen LogP contribution in [0.15, 0.2) is 29.2 Å². The van der Waals surface area contributed by atoms with Crippen LogP contribution in [0.3, 0.4) is 0 Å². The van der Waals surface area contributed by atoms with E-state index in [9.17, 15) is 12.8 Å². The number of hydrogen-bond donors (Lipinski definition) is 1. The number of alkyl halides is 1. The van der Waals surface area contributed by atoms with E-state index in [4.69, 9.17) is 11.6 Å². The van der Waals surface area contributed by atoms with Crippen molar-refractivity contribution in [1.29, 1.82) is 0 Å². The summed E-state index contributed by atoms with van der Waals surface area (Å²) in [5.74, 6) is -0.629. The van der Waals surface area contributed by atoms with Crippen LogP contribution in [0.25, 0.3) is 0 Å². The van der Waals surface area contributed by atoms with Crippen molar-refractivity contribution in [1.82, 2.24) is 4.72 Å². The third-order valence-corrected chi connectivity index (χ3v) is 4.43. The van der Waals surface area contributed by atoms with Crippen molar-refractivity contribution in [2.24, 2.45) is 5.92 Å². The highest BCUT2D eigenvalue weighted by Gasteiger charge is 2.20. The average molecular weight is 280 g/mol. The van der Waals surface area contributed by atoms with Gasteiger partial charge in [0.05, 0.1) is 0 Å². The largest absolute Gasteiger partial charge is 0.243 e. The average Bonchev–Trinajstić information content (AvgIpc) is 2.26. The van der Waals surface area contributed by atoms with Gasteiger partial charge in [0.1, 0.15) is 10.7 Å². The van der Waals surface area contributed by atoms with Crippen molar-refractivity contribution in [3.05, 3.63) is 30.1 Å². The predicted molar refractivity (Wildman–Crippen MR) is 66.1 cm³/mol. The van der Waals surface area contributed by atoms with E-state index >= 15 is 0 Å². The van der Waals surface area contributed by atoms with Gasteiger partial charge in [0.15, 0.2) is 0 Å². The lowest BCUT2D eigenvalue weighted by atomic mass is 10.1. The van der Waals surface area contributed by atoms with Gasteiger partial charge in [-0.1, -0.05) is 26.0 Å². The fourth-order valence-corrected chi connectivity index (χ4v) is 2.47. The van der Waals surface area contributed by atoms with Crippen molar-refractivity contribution in [3.63, 3.8) is 0 Å². The molecular weight excluding hydrogens is 265 g/mol. The van der Waals surface area contributed by atoms with Crippen molar-refractivity contribution in [3.8, 4) is 0 Å². The number of benzene rings is 1. The first-order chi connectivity index (χ1) is 7.84. The zero-order valence-electron chi connectivity index (χ0n) is 9.65. The lowest BCUT2D eigenvalue weighted by Gasteiger charge is -2.14. The van der Waals surface area contributed by atoms with Crippen molar-refractivity contribution in [2.75, 3.05) is 6.54 Å². The number of sulfonamides is 1. The van der Waals surface area contributed by atoms with Crippen LogP contribution in [0.1, 0.15) is 13.8 Å². The summed E-state index contributed by atoms with van der Waals surface area (Å²) >= 11 is 5.93. The number of nitrogens with one attached hydrogen (secondary N) is 1. The second-order valence-corrected chi connectivity index (χ2v) is 6.34. The molecule has 1 unspecified atom stereocenters. The fraction of sp³-hybridized carbons (Fsp3) is 0.455. The Kier molecular flexibility index (Phi) is 4.91. The van der Waals surface area contributed by atoms with E-state index in [2.05, 4.69) is 4.72 Å². The molecule has 1 aromatic rings. The predicted octanol–water partition coefficient (Wildman–Crippen LogP) is 2.37. The summed E-state index contributed by atoms with van der Waals surface area (Å²) < 4.78 is 39.2. The van der Waals surface area contributed by atoms with E-state index < -0.39 is 15.8 Å². The molecule has 0 bridgehead atoms. The molecule has 0 fully saturated rings. The molecule has 17 heavy (non-hydrogen) atoms. The topological polar surface area (TPSA) is 46.2 Å². The molecule has 1 N–H and O–H groups in total. The summed E-state index contributed by atoms with van der Waals surface area (Å²) in [5.41, 5.74) is 0. The monoisotopic (exact) mass is 279 g/mol. The number of rotatable bonds is 5. The lowest BCUT2D eigenvalue weighted by Crippen LogP contribution is -2.32. The Balaban J connectivity index is 2.80. The molecule has 1 atom stereocenters. The molecule has 0 aliphatic rings. The first-order valence-corrected chi connectivity index (χ1v) is 7.15. The summed E-state index contributed by atoms with van der Waals surface area (Å²) in [6.07, 6.45) is 0. The first kappa shape index (κ1) is 14.4. The van der Waals surface area contributed by atoms with Crippen molar-refractivity contribution >= 4 is 21.6 Å². The van der Waals surface area contributed by atoms with Gasteiger partial charge in [-0.3, -0.25) is 0 Å². The fourth-order valence-electron chi connectivity index (χ4n) is 1.17. The molecule has 0 heterocycles. The van der Waals surface area contributed by atoms with Gasteiger partial charge in [-0.05, 0) is 18.1 Å². The van der Waals surface area contributed by atoms with Gasteiger partial charge < -0.3 is 0 Å². The van der Waals surface area contributed by atoms with Crippen molar-refractivity contribution < 1.29 is 12.8 Å². The Labute approximate surface area is 106 Å². The van der Waals surface area contributed by atoms with E-state index in [1.807, 2.05) is 13.8 Å². The molecule has 0 saturated heterocycles. The van der Waals surface area contributed by atoms with Crippen LogP contribution in [0, 0.1) is 11.7 Å².